The van der Waals surface area contributed by atoms with E-state index < -0.39 is 0 Å². The molecule has 3 aromatic rings. The van der Waals surface area contributed by atoms with E-state index in [9.17, 15) is 0 Å². The fraction of sp³-hybridized carbons (Fsp3) is 0.143. The highest BCUT2D eigenvalue weighted by atomic mass is 31.1. The average molecular weight is 317 g/mol. The summed E-state index contributed by atoms with van der Waals surface area (Å²) in [5.41, 5.74) is 6.27. The standard InChI is InChI=1S/C21H20NP/c1-15-13-16(2)20(17(3)14-15)23-21(18-9-5-4-6-10-18)19-11-7-8-12-22-19/h4-14H,1-3H3. The minimum absolute atomic E-state index is 1.04. The predicted octanol–water partition coefficient (Wildman–Crippen LogP) is 4.85. The zero-order chi connectivity index (χ0) is 16.2. The molecule has 0 aliphatic rings. The largest absolute Gasteiger partial charge is 0.256 e. The van der Waals surface area contributed by atoms with E-state index >= 15 is 0 Å². The lowest BCUT2D eigenvalue weighted by atomic mass is 10.1. The second-order valence-electron chi connectivity index (χ2n) is 5.79. The second-order valence-corrected chi connectivity index (χ2v) is 6.91. The van der Waals surface area contributed by atoms with Crippen LogP contribution >= 0.6 is 8.20 Å². The third kappa shape index (κ3) is 3.57. The summed E-state index contributed by atoms with van der Waals surface area (Å²) >= 11 is 0. The van der Waals surface area contributed by atoms with Crippen molar-refractivity contribution in [3.8, 4) is 0 Å². The summed E-state index contributed by atoms with van der Waals surface area (Å²) in [5.74, 6) is 0. The van der Waals surface area contributed by atoms with Gasteiger partial charge in [0.05, 0.1) is 5.69 Å². The van der Waals surface area contributed by atoms with Crippen LogP contribution in [0.15, 0.2) is 66.9 Å². The number of rotatable bonds is 3. The molecule has 0 atom stereocenters. The number of aromatic nitrogens is 1. The summed E-state index contributed by atoms with van der Waals surface area (Å²) in [6.45, 7) is 6.55. The number of hydrogen-bond acceptors (Lipinski definition) is 1. The van der Waals surface area contributed by atoms with E-state index in [1.54, 1.807) is 0 Å². The van der Waals surface area contributed by atoms with Gasteiger partial charge in [-0.3, -0.25) is 4.98 Å². The molecule has 0 N–H and O–H groups in total. The van der Waals surface area contributed by atoms with Crippen molar-refractivity contribution < 1.29 is 0 Å². The lowest BCUT2D eigenvalue weighted by Crippen LogP contribution is -2.10. The topological polar surface area (TPSA) is 12.9 Å². The Labute approximate surface area is 139 Å². The van der Waals surface area contributed by atoms with Gasteiger partial charge >= 0.3 is 0 Å². The van der Waals surface area contributed by atoms with E-state index in [0.29, 0.717) is 0 Å². The zero-order valence-electron chi connectivity index (χ0n) is 13.7. The van der Waals surface area contributed by atoms with Gasteiger partial charge in [-0.25, -0.2) is 0 Å². The Hall–Kier alpha value is -2.24. The maximum Gasteiger partial charge on any atom is 0.0754 e. The van der Waals surface area contributed by atoms with Gasteiger partial charge in [0, 0.05) is 16.8 Å². The van der Waals surface area contributed by atoms with Crippen LogP contribution in [0.3, 0.4) is 0 Å². The Kier molecular flexibility index (Phi) is 4.69. The molecule has 2 heteroatoms. The molecule has 1 aromatic heterocycles. The Morgan fingerprint density at radius 1 is 0.826 bits per heavy atom. The monoisotopic (exact) mass is 317 g/mol. The molecule has 0 saturated carbocycles. The van der Waals surface area contributed by atoms with Crippen LogP contribution in [0.5, 0.6) is 0 Å². The van der Waals surface area contributed by atoms with E-state index in [0.717, 1.165) is 5.69 Å². The molecule has 0 saturated heterocycles. The smallest absolute Gasteiger partial charge is 0.0754 e. The van der Waals surface area contributed by atoms with Gasteiger partial charge in [-0.1, -0.05) is 62.3 Å². The van der Waals surface area contributed by atoms with Gasteiger partial charge in [-0.15, -0.1) is 0 Å². The molecular weight excluding hydrogens is 297 g/mol. The highest BCUT2D eigenvalue weighted by Crippen LogP contribution is 2.20. The van der Waals surface area contributed by atoms with Crippen LogP contribution in [-0.2, 0) is 0 Å². The highest BCUT2D eigenvalue weighted by Gasteiger charge is 2.09. The van der Waals surface area contributed by atoms with Crippen molar-refractivity contribution in [2.45, 2.75) is 20.8 Å². The summed E-state index contributed by atoms with van der Waals surface area (Å²) in [6.07, 6.45) is 1.86. The molecular formula is C21H20NP. The lowest BCUT2D eigenvalue weighted by Gasteiger charge is -2.11. The molecule has 0 amide bonds. The first-order valence-electron chi connectivity index (χ1n) is 7.78. The van der Waals surface area contributed by atoms with Crippen LogP contribution in [0.2, 0.25) is 0 Å². The summed E-state index contributed by atoms with van der Waals surface area (Å²) in [7, 11) is 1.20. The van der Waals surface area contributed by atoms with Gasteiger partial charge in [0.15, 0.2) is 0 Å². The molecule has 0 radical (unpaired) electrons. The molecule has 1 heterocycles. The molecule has 2 aromatic carbocycles. The quantitative estimate of drug-likeness (QED) is 0.629. The Morgan fingerprint density at radius 2 is 1.48 bits per heavy atom. The van der Waals surface area contributed by atoms with E-state index in [4.69, 9.17) is 0 Å². The molecule has 3 rings (SSSR count). The summed E-state index contributed by atoms with van der Waals surface area (Å²) in [4.78, 5) is 4.58. The minimum Gasteiger partial charge on any atom is -0.256 e. The van der Waals surface area contributed by atoms with Crippen molar-refractivity contribution in [3.63, 3.8) is 0 Å². The van der Waals surface area contributed by atoms with Crippen molar-refractivity contribution in [1.29, 1.82) is 0 Å². The third-order valence-corrected chi connectivity index (χ3v) is 5.45. The third-order valence-electron chi connectivity index (χ3n) is 3.81. The Balaban J connectivity index is 2.21. The molecule has 114 valence electrons. The number of pyridine rings is 1. The van der Waals surface area contributed by atoms with E-state index in [-0.39, 0.29) is 0 Å². The Morgan fingerprint density at radius 3 is 2.09 bits per heavy atom. The van der Waals surface area contributed by atoms with Crippen LogP contribution in [0.4, 0.5) is 0 Å². The second kappa shape index (κ2) is 6.89. The van der Waals surface area contributed by atoms with Gasteiger partial charge in [0.25, 0.3) is 0 Å². The molecule has 0 fully saturated rings. The summed E-state index contributed by atoms with van der Waals surface area (Å²) in [6, 6.07) is 21.2. The van der Waals surface area contributed by atoms with Crippen molar-refractivity contribution in [2.75, 3.05) is 0 Å². The van der Waals surface area contributed by atoms with Crippen molar-refractivity contribution >= 4 is 18.8 Å². The van der Waals surface area contributed by atoms with Crippen molar-refractivity contribution in [2.24, 2.45) is 0 Å². The fourth-order valence-corrected chi connectivity index (χ4v) is 4.06. The van der Waals surface area contributed by atoms with Crippen LogP contribution in [-0.4, -0.2) is 10.3 Å². The van der Waals surface area contributed by atoms with E-state index in [1.165, 1.54) is 41.1 Å². The fourth-order valence-electron chi connectivity index (χ4n) is 2.83. The predicted molar refractivity (Wildman–Crippen MR) is 101 cm³/mol. The molecule has 0 unspecified atom stereocenters. The summed E-state index contributed by atoms with van der Waals surface area (Å²) < 4.78 is 0. The maximum atomic E-state index is 4.58. The van der Waals surface area contributed by atoms with Gasteiger partial charge < -0.3 is 0 Å². The van der Waals surface area contributed by atoms with E-state index in [2.05, 4.69) is 80.4 Å². The lowest BCUT2D eigenvalue weighted by molar-refractivity contribution is 1.30. The zero-order valence-corrected chi connectivity index (χ0v) is 14.6. The normalized spacial score (nSPS) is 11.5. The first-order chi connectivity index (χ1) is 11.1. The molecule has 0 aliphatic heterocycles. The highest BCUT2D eigenvalue weighted by molar-refractivity contribution is 7.50. The number of benzene rings is 2. The van der Waals surface area contributed by atoms with E-state index in [1.807, 2.05) is 12.3 Å². The Bertz CT molecular complexity index is 772. The SMILES string of the molecule is Cc1cc(C)c(P=C(c2ccccc2)c2ccccn2)c(C)c1. The number of aryl methyl sites for hydroxylation is 3. The molecule has 0 spiro atoms. The van der Waals surface area contributed by atoms with Crippen LogP contribution in [0.25, 0.3) is 0 Å². The minimum atomic E-state index is 1.04. The molecule has 0 aliphatic carbocycles. The van der Waals surface area contributed by atoms with Gasteiger partial charge in [0.1, 0.15) is 0 Å². The first kappa shape index (κ1) is 15.6. The molecule has 0 bridgehead atoms. The van der Waals surface area contributed by atoms with Gasteiger partial charge in [-0.2, -0.15) is 0 Å². The molecule has 1 nitrogen and oxygen atoms in total. The molecule has 23 heavy (non-hydrogen) atoms. The van der Waals surface area contributed by atoms with Gasteiger partial charge in [0.2, 0.25) is 0 Å². The van der Waals surface area contributed by atoms with Crippen LogP contribution in [0, 0.1) is 20.8 Å². The first-order valence-corrected chi connectivity index (χ1v) is 8.68. The van der Waals surface area contributed by atoms with Crippen LogP contribution in [0.1, 0.15) is 27.9 Å². The number of nitrogens with zero attached hydrogens (tertiary/aromatic N) is 1. The van der Waals surface area contributed by atoms with Gasteiger partial charge in [-0.05, 0) is 49.6 Å². The summed E-state index contributed by atoms with van der Waals surface area (Å²) in [5, 5.41) is 2.63. The number of hydrogen-bond donors (Lipinski definition) is 0. The van der Waals surface area contributed by atoms with Crippen molar-refractivity contribution in [1.82, 2.24) is 4.98 Å². The van der Waals surface area contributed by atoms with Crippen molar-refractivity contribution in [3.05, 3.63) is 94.8 Å². The van der Waals surface area contributed by atoms with Crippen LogP contribution < -0.4 is 5.30 Å². The average Bonchev–Trinajstić information content (AvgIpc) is 2.56. The maximum absolute atomic E-state index is 4.58.